The molecule has 3 N–H and O–H groups in total. The number of nitrogens with two attached hydrogens (primary N) is 1. The first-order valence-corrected chi connectivity index (χ1v) is 3.85. The normalized spacial score (nSPS) is 12.4. The van der Waals surface area contributed by atoms with Gasteiger partial charge in [0.2, 0.25) is 0 Å². The van der Waals surface area contributed by atoms with Crippen LogP contribution in [0.15, 0.2) is 37.1 Å². The molecule has 64 valence electrons. The predicted octanol–water partition coefficient (Wildman–Crippen LogP) is 0.642. The Labute approximate surface area is 72.3 Å². The van der Waals surface area contributed by atoms with Gasteiger partial charge in [0, 0.05) is 24.4 Å². The second kappa shape index (κ2) is 4.64. The van der Waals surface area contributed by atoms with E-state index in [1.54, 1.807) is 12.3 Å². The maximum absolute atomic E-state index is 5.28. The van der Waals surface area contributed by atoms with Crippen molar-refractivity contribution in [1.82, 2.24) is 10.4 Å². The van der Waals surface area contributed by atoms with Crippen LogP contribution in [0.2, 0.25) is 0 Å². The van der Waals surface area contributed by atoms with Crippen LogP contribution in [0.25, 0.3) is 0 Å². The van der Waals surface area contributed by atoms with Crippen LogP contribution in [0.4, 0.5) is 0 Å². The van der Waals surface area contributed by atoms with Crippen LogP contribution in [0.3, 0.4) is 0 Å². The maximum atomic E-state index is 5.28. The minimum Gasteiger partial charge on any atom is -0.271 e. The van der Waals surface area contributed by atoms with Gasteiger partial charge in [-0.15, -0.1) is 6.58 Å². The van der Waals surface area contributed by atoms with Crippen LogP contribution in [0.1, 0.15) is 5.69 Å². The van der Waals surface area contributed by atoms with E-state index in [2.05, 4.69) is 17.0 Å². The van der Waals surface area contributed by atoms with Crippen LogP contribution < -0.4 is 11.3 Å². The standard InChI is InChI=1S/C9H13N3/c1-2-8(12-10)7-9-5-3-4-6-11-9/h2-6,8,12H,1,7,10H2. The minimum absolute atomic E-state index is 0.0971. The Morgan fingerprint density at radius 1 is 1.67 bits per heavy atom. The van der Waals surface area contributed by atoms with Crippen molar-refractivity contribution in [2.75, 3.05) is 0 Å². The number of pyridine rings is 1. The summed E-state index contributed by atoms with van der Waals surface area (Å²) in [6, 6.07) is 5.91. The average molecular weight is 163 g/mol. The zero-order valence-electron chi connectivity index (χ0n) is 6.90. The summed E-state index contributed by atoms with van der Waals surface area (Å²) in [6.45, 7) is 3.66. The highest BCUT2D eigenvalue weighted by Crippen LogP contribution is 1.98. The van der Waals surface area contributed by atoms with E-state index in [0.29, 0.717) is 0 Å². The number of nitrogens with one attached hydrogen (secondary N) is 1. The first-order valence-electron chi connectivity index (χ1n) is 3.85. The Bertz CT molecular complexity index is 233. The van der Waals surface area contributed by atoms with E-state index in [1.807, 2.05) is 18.2 Å². The molecule has 1 aromatic heterocycles. The molecule has 1 rings (SSSR count). The Morgan fingerprint density at radius 3 is 3.00 bits per heavy atom. The van der Waals surface area contributed by atoms with E-state index in [1.165, 1.54) is 0 Å². The highest BCUT2D eigenvalue weighted by molar-refractivity contribution is 5.07. The van der Waals surface area contributed by atoms with Crippen LogP contribution in [0.5, 0.6) is 0 Å². The van der Waals surface area contributed by atoms with Gasteiger partial charge in [-0.1, -0.05) is 12.1 Å². The largest absolute Gasteiger partial charge is 0.271 e. The lowest BCUT2D eigenvalue weighted by molar-refractivity contribution is 0.611. The summed E-state index contributed by atoms with van der Waals surface area (Å²) in [7, 11) is 0. The van der Waals surface area contributed by atoms with Crippen molar-refractivity contribution in [3.05, 3.63) is 42.7 Å². The summed E-state index contributed by atoms with van der Waals surface area (Å²) in [5.74, 6) is 5.28. The van der Waals surface area contributed by atoms with Crippen LogP contribution >= 0.6 is 0 Å². The van der Waals surface area contributed by atoms with Crippen LogP contribution in [0, 0.1) is 0 Å². The molecule has 0 aliphatic carbocycles. The van der Waals surface area contributed by atoms with Gasteiger partial charge < -0.3 is 0 Å². The summed E-state index contributed by atoms with van der Waals surface area (Å²) in [5.41, 5.74) is 3.66. The third-order valence-electron chi connectivity index (χ3n) is 1.65. The number of hydrazine groups is 1. The molecular formula is C9H13N3. The number of rotatable bonds is 4. The quantitative estimate of drug-likeness (QED) is 0.389. The molecule has 0 bridgehead atoms. The lowest BCUT2D eigenvalue weighted by Gasteiger charge is -2.09. The van der Waals surface area contributed by atoms with E-state index in [0.717, 1.165) is 12.1 Å². The molecule has 1 heterocycles. The van der Waals surface area contributed by atoms with Gasteiger partial charge in [0.15, 0.2) is 0 Å². The Morgan fingerprint density at radius 2 is 2.50 bits per heavy atom. The minimum atomic E-state index is 0.0971. The van der Waals surface area contributed by atoms with Crippen molar-refractivity contribution in [3.63, 3.8) is 0 Å². The van der Waals surface area contributed by atoms with E-state index < -0.39 is 0 Å². The summed E-state index contributed by atoms with van der Waals surface area (Å²) in [4.78, 5) is 4.17. The second-order valence-corrected chi connectivity index (χ2v) is 2.53. The number of nitrogens with zero attached hydrogens (tertiary/aromatic N) is 1. The first-order chi connectivity index (χ1) is 5.86. The van der Waals surface area contributed by atoms with Gasteiger partial charge in [-0.2, -0.15) is 0 Å². The van der Waals surface area contributed by atoms with E-state index in [4.69, 9.17) is 5.84 Å². The molecule has 1 unspecified atom stereocenters. The maximum Gasteiger partial charge on any atom is 0.0443 e. The molecule has 0 amide bonds. The molecule has 0 aliphatic rings. The van der Waals surface area contributed by atoms with E-state index >= 15 is 0 Å². The van der Waals surface area contributed by atoms with Gasteiger partial charge in [0.25, 0.3) is 0 Å². The second-order valence-electron chi connectivity index (χ2n) is 2.53. The van der Waals surface area contributed by atoms with Crippen molar-refractivity contribution < 1.29 is 0 Å². The third kappa shape index (κ3) is 2.45. The van der Waals surface area contributed by atoms with Gasteiger partial charge in [-0.05, 0) is 12.1 Å². The van der Waals surface area contributed by atoms with Crippen molar-refractivity contribution >= 4 is 0 Å². The molecule has 0 spiro atoms. The fraction of sp³-hybridized carbons (Fsp3) is 0.222. The number of hydrogen-bond acceptors (Lipinski definition) is 3. The fourth-order valence-electron chi connectivity index (χ4n) is 0.954. The predicted molar refractivity (Wildman–Crippen MR) is 49.2 cm³/mol. The van der Waals surface area contributed by atoms with Crippen molar-refractivity contribution in [1.29, 1.82) is 0 Å². The molecule has 1 aromatic rings. The topological polar surface area (TPSA) is 50.9 Å². The van der Waals surface area contributed by atoms with Crippen LogP contribution in [-0.2, 0) is 6.42 Å². The molecule has 1 atom stereocenters. The first kappa shape index (κ1) is 8.90. The van der Waals surface area contributed by atoms with Crippen molar-refractivity contribution in [3.8, 4) is 0 Å². The molecule has 0 saturated heterocycles. The summed E-state index contributed by atoms with van der Waals surface area (Å²) < 4.78 is 0. The molecule has 0 aromatic carbocycles. The zero-order valence-corrected chi connectivity index (χ0v) is 6.90. The highest BCUT2D eigenvalue weighted by Gasteiger charge is 2.01. The van der Waals surface area contributed by atoms with Gasteiger partial charge in [0.05, 0.1) is 0 Å². The lowest BCUT2D eigenvalue weighted by atomic mass is 10.1. The fourth-order valence-corrected chi connectivity index (χ4v) is 0.954. The molecule has 0 fully saturated rings. The highest BCUT2D eigenvalue weighted by atomic mass is 15.2. The SMILES string of the molecule is C=CC(Cc1ccccn1)NN. The molecule has 0 saturated carbocycles. The van der Waals surface area contributed by atoms with Gasteiger partial charge in [-0.3, -0.25) is 16.3 Å². The Balaban J connectivity index is 2.56. The van der Waals surface area contributed by atoms with Gasteiger partial charge in [-0.25, -0.2) is 0 Å². The zero-order chi connectivity index (χ0) is 8.81. The smallest absolute Gasteiger partial charge is 0.0443 e. The molecular weight excluding hydrogens is 150 g/mol. The number of hydrogen-bond donors (Lipinski definition) is 2. The third-order valence-corrected chi connectivity index (χ3v) is 1.65. The molecule has 3 nitrogen and oxygen atoms in total. The Hall–Kier alpha value is -1.19. The summed E-state index contributed by atoms with van der Waals surface area (Å²) in [5, 5.41) is 0. The summed E-state index contributed by atoms with van der Waals surface area (Å²) in [6.07, 6.45) is 4.32. The van der Waals surface area contributed by atoms with Gasteiger partial charge in [0.1, 0.15) is 0 Å². The van der Waals surface area contributed by atoms with Crippen molar-refractivity contribution in [2.24, 2.45) is 5.84 Å². The monoisotopic (exact) mass is 163 g/mol. The van der Waals surface area contributed by atoms with Gasteiger partial charge >= 0.3 is 0 Å². The molecule has 0 aliphatic heterocycles. The van der Waals surface area contributed by atoms with E-state index in [-0.39, 0.29) is 6.04 Å². The molecule has 3 heteroatoms. The lowest BCUT2D eigenvalue weighted by Crippen LogP contribution is -2.35. The average Bonchev–Trinajstić information content (AvgIpc) is 2.16. The van der Waals surface area contributed by atoms with Crippen LogP contribution in [-0.4, -0.2) is 11.0 Å². The number of aromatic nitrogens is 1. The summed E-state index contributed by atoms with van der Waals surface area (Å²) >= 11 is 0. The molecule has 0 radical (unpaired) electrons. The molecule has 12 heavy (non-hydrogen) atoms. The Kier molecular flexibility index (Phi) is 3.44. The van der Waals surface area contributed by atoms with Crippen molar-refractivity contribution in [2.45, 2.75) is 12.5 Å². The van der Waals surface area contributed by atoms with E-state index in [9.17, 15) is 0 Å².